The predicted octanol–water partition coefficient (Wildman–Crippen LogP) is 1.40. The molecule has 1 aliphatic heterocycles. The second-order valence-electron chi connectivity index (χ2n) is 5.57. The Morgan fingerprint density at radius 3 is 2.67 bits per heavy atom. The van der Waals surface area contributed by atoms with E-state index in [-0.39, 0.29) is 24.2 Å². The molecule has 0 aromatic rings. The third-order valence-corrected chi connectivity index (χ3v) is 3.73. The van der Waals surface area contributed by atoms with Crippen LogP contribution in [0.25, 0.3) is 0 Å². The van der Waals surface area contributed by atoms with Gasteiger partial charge in [-0.25, -0.2) is 0 Å². The van der Waals surface area contributed by atoms with Crippen LogP contribution in [0.15, 0.2) is 0 Å². The smallest absolute Gasteiger partial charge is 0.303 e. The highest BCUT2D eigenvalue weighted by molar-refractivity contribution is 5.81. The van der Waals surface area contributed by atoms with E-state index in [1.165, 1.54) is 0 Å². The van der Waals surface area contributed by atoms with Crippen LogP contribution in [-0.4, -0.2) is 47.4 Å². The Morgan fingerprint density at radius 2 is 2.00 bits per heavy atom. The fraction of sp³-hybridized carbons (Fsp3) is 0.800. The highest BCUT2D eigenvalue weighted by atomic mass is 16.4. The summed E-state index contributed by atoms with van der Waals surface area (Å²) < 4.78 is 0. The van der Waals surface area contributed by atoms with E-state index in [4.69, 9.17) is 5.11 Å². The maximum absolute atomic E-state index is 12.1. The van der Waals surface area contributed by atoms with Crippen LogP contribution in [0.2, 0.25) is 0 Å². The first-order chi connectivity index (χ1) is 10.0. The minimum atomic E-state index is -0.807. The van der Waals surface area contributed by atoms with E-state index in [2.05, 4.69) is 5.32 Å². The van der Waals surface area contributed by atoms with E-state index < -0.39 is 5.97 Å². The number of carboxylic acids is 1. The number of piperidine rings is 1. The highest BCUT2D eigenvalue weighted by Crippen LogP contribution is 2.17. The molecule has 1 fully saturated rings. The zero-order chi connectivity index (χ0) is 15.7. The predicted molar refractivity (Wildman–Crippen MR) is 78.7 cm³/mol. The second-order valence-corrected chi connectivity index (χ2v) is 5.57. The number of hydrogen-bond donors (Lipinski definition) is 2. The molecule has 0 aromatic carbocycles. The van der Waals surface area contributed by atoms with Crippen molar-refractivity contribution in [3.8, 4) is 0 Å². The summed E-state index contributed by atoms with van der Waals surface area (Å²) in [6, 6.07) is 0. The molecule has 1 rings (SSSR count). The largest absolute Gasteiger partial charge is 0.481 e. The van der Waals surface area contributed by atoms with Gasteiger partial charge in [0, 0.05) is 32.5 Å². The number of hydrogen-bond acceptors (Lipinski definition) is 3. The van der Waals surface area contributed by atoms with Gasteiger partial charge in [0.2, 0.25) is 11.8 Å². The minimum Gasteiger partial charge on any atom is -0.481 e. The highest BCUT2D eigenvalue weighted by Gasteiger charge is 2.27. The fourth-order valence-electron chi connectivity index (χ4n) is 2.55. The zero-order valence-electron chi connectivity index (χ0n) is 12.8. The number of rotatable bonds is 8. The molecule has 6 heteroatoms. The Hall–Kier alpha value is -1.59. The Kier molecular flexibility index (Phi) is 7.79. The molecule has 2 amide bonds. The van der Waals surface area contributed by atoms with Crippen molar-refractivity contribution in [1.82, 2.24) is 10.2 Å². The number of nitrogens with zero attached hydrogens (tertiary/aromatic N) is 1. The van der Waals surface area contributed by atoms with Crippen molar-refractivity contribution >= 4 is 17.8 Å². The van der Waals surface area contributed by atoms with Crippen LogP contribution < -0.4 is 5.32 Å². The van der Waals surface area contributed by atoms with Gasteiger partial charge in [-0.3, -0.25) is 14.4 Å². The Bertz CT molecular complexity index is 371. The van der Waals surface area contributed by atoms with Crippen LogP contribution in [0.1, 0.15) is 51.9 Å². The van der Waals surface area contributed by atoms with Crippen molar-refractivity contribution in [2.45, 2.75) is 51.9 Å². The monoisotopic (exact) mass is 298 g/mol. The van der Waals surface area contributed by atoms with Gasteiger partial charge in [-0.15, -0.1) is 0 Å². The van der Waals surface area contributed by atoms with Gasteiger partial charge in [0.1, 0.15) is 0 Å². The maximum Gasteiger partial charge on any atom is 0.303 e. The van der Waals surface area contributed by atoms with Gasteiger partial charge in [-0.1, -0.05) is 6.92 Å². The minimum absolute atomic E-state index is 0.0145. The molecule has 1 aliphatic rings. The summed E-state index contributed by atoms with van der Waals surface area (Å²) in [4.78, 5) is 36.1. The molecule has 0 bridgehead atoms. The van der Waals surface area contributed by atoms with Crippen molar-refractivity contribution in [2.24, 2.45) is 5.92 Å². The number of amides is 2. The summed E-state index contributed by atoms with van der Waals surface area (Å²) in [7, 11) is 0. The lowest BCUT2D eigenvalue weighted by Crippen LogP contribution is -2.45. The van der Waals surface area contributed by atoms with Gasteiger partial charge in [0.15, 0.2) is 0 Å². The number of unbranched alkanes of at least 4 members (excludes halogenated alkanes) is 1. The molecular formula is C15H26N2O4. The first-order valence-electron chi connectivity index (χ1n) is 7.81. The lowest BCUT2D eigenvalue weighted by Gasteiger charge is -2.32. The third kappa shape index (κ3) is 6.60. The normalized spacial score (nSPS) is 18.3. The van der Waals surface area contributed by atoms with Crippen LogP contribution in [0.3, 0.4) is 0 Å². The summed E-state index contributed by atoms with van der Waals surface area (Å²) in [6.45, 7) is 3.75. The van der Waals surface area contributed by atoms with Crippen molar-refractivity contribution < 1.29 is 19.5 Å². The molecule has 1 saturated heterocycles. The third-order valence-electron chi connectivity index (χ3n) is 3.73. The molecule has 0 radical (unpaired) electrons. The summed E-state index contributed by atoms with van der Waals surface area (Å²) in [5.41, 5.74) is 0. The second kappa shape index (κ2) is 9.37. The van der Waals surface area contributed by atoms with Gasteiger partial charge in [0.05, 0.1) is 5.92 Å². The summed E-state index contributed by atoms with van der Waals surface area (Å²) in [6.07, 6.45) is 4.44. The average Bonchev–Trinajstić information content (AvgIpc) is 2.46. The standard InChI is InChI=1S/C15H26N2O4/c1-2-6-13(18)17-10-5-7-12(11-17)15(21)16-9-4-3-8-14(19)20/h12H,2-11H2,1H3,(H,16,21)(H,19,20). The molecule has 120 valence electrons. The molecule has 1 heterocycles. The van der Waals surface area contributed by atoms with Crippen LogP contribution >= 0.6 is 0 Å². The van der Waals surface area contributed by atoms with Gasteiger partial charge in [-0.2, -0.15) is 0 Å². The first-order valence-corrected chi connectivity index (χ1v) is 7.81. The zero-order valence-corrected chi connectivity index (χ0v) is 12.8. The van der Waals surface area contributed by atoms with E-state index in [1.54, 1.807) is 4.90 Å². The molecule has 1 unspecified atom stereocenters. The summed E-state index contributed by atoms with van der Waals surface area (Å²) in [5.74, 6) is -0.812. The van der Waals surface area contributed by atoms with E-state index >= 15 is 0 Å². The van der Waals surface area contributed by atoms with Crippen molar-refractivity contribution in [2.75, 3.05) is 19.6 Å². The summed E-state index contributed by atoms with van der Waals surface area (Å²) >= 11 is 0. The van der Waals surface area contributed by atoms with Gasteiger partial charge < -0.3 is 15.3 Å². The van der Waals surface area contributed by atoms with E-state index in [0.717, 1.165) is 25.8 Å². The fourth-order valence-corrected chi connectivity index (χ4v) is 2.55. The van der Waals surface area contributed by atoms with Crippen molar-refractivity contribution in [3.63, 3.8) is 0 Å². The first kappa shape index (κ1) is 17.5. The average molecular weight is 298 g/mol. The van der Waals surface area contributed by atoms with Crippen LogP contribution in [0, 0.1) is 5.92 Å². The number of nitrogens with one attached hydrogen (secondary N) is 1. The number of carboxylic acid groups (broad SMARTS) is 1. The number of aliphatic carboxylic acids is 1. The van der Waals surface area contributed by atoms with E-state index in [0.29, 0.717) is 32.4 Å². The molecule has 0 saturated carbocycles. The Balaban J connectivity index is 2.27. The van der Waals surface area contributed by atoms with Gasteiger partial charge in [0.25, 0.3) is 0 Å². The molecule has 2 N–H and O–H groups in total. The number of carbonyl (C=O) groups excluding carboxylic acids is 2. The van der Waals surface area contributed by atoms with Crippen LogP contribution in [0.5, 0.6) is 0 Å². The lowest BCUT2D eigenvalue weighted by atomic mass is 9.96. The van der Waals surface area contributed by atoms with Crippen LogP contribution in [-0.2, 0) is 14.4 Å². The van der Waals surface area contributed by atoms with E-state index in [1.807, 2.05) is 6.92 Å². The van der Waals surface area contributed by atoms with Gasteiger partial charge in [-0.05, 0) is 32.1 Å². The topological polar surface area (TPSA) is 86.7 Å². The summed E-state index contributed by atoms with van der Waals surface area (Å²) in [5, 5.41) is 11.4. The lowest BCUT2D eigenvalue weighted by molar-refractivity contribution is -0.137. The van der Waals surface area contributed by atoms with Crippen molar-refractivity contribution in [1.29, 1.82) is 0 Å². The number of carbonyl (C=O) groups is 3. The van der Waals surface area contributed by atoms with E-state index in [9.17, 15) is 14.4 Å². The van der Waals surface area contributed by atoms with Crippen molar-refractivity contribution in [3.05, 3.63) is 0 Å². The SMILES string of the molecule is CCCC(=O)N1CCCC(C(=O)NCCCCC(=O)O)C1. The molecule has 0 aliphatic carbocycles. The molecule has 0 aromatic heterocycles. The molecule has 6 nitrogen and oxygen atoms in total. The Morgan fingerprint density at radius 1 is 1.24 bits per heavy atom. The molecule has 21 heavy (non-hydrogen) atoms. The quantitative estimate of drug-likeness (QED) is 0.663. The molecule has 0 spiro atoms. The van der Waals surface area contributed by atoms with Gasteiger partial charge >= 0.3 is 5.97 Å². The van der Waals surface area contributed by atoms with Crippen LogP contribution in [0.4, 0.5) is 0 Å². The molecule has 1 atom stereocenters. The molecular weight excluding hydrogens is 272 g/mol. The maximum atomic E-state index is 12.1. The Labute approximate surface area is 125 Å². The number of likely N-dealkylation sites (tertiary alicyclic amines) is 1.